The zero-order valence-corrected chi connectivity index (χ0v) is 20.5. The Labute approximate surface area is 201 Å². The molecule has 1 aliphatic carbocycles. The van der Waals surface area contributed by atoms with Crippen molar-refractivity contribution in [1.82, 2.24) is 10.2 Å². The standard InChI is InChI=1S/C27H35FN2O2S/c1-3-25(27(32)29-23-7-5-4-6-8-23)30(19-21-11-13-22(28)14-12-21)26(31)17-18-33-24-15-9-20(2)10-16-24/h9-16,23,25H,3-8,17-19H2,1-2H3,(H,29,32)/t25-/m0/s1. The Kier molecular flexibility index (Phi) is 9.79. The Morgan fingerprint density at radius 1 is 1.06 bits per heavy atom. The molecule has 1 aliphatic rings. The Morgan fingerprint density at radius 2 is 1.73 bits per heavy atom. The number of benzene rings is 2. The lowest BCUT2D eigenvalue weighted by molar-refractivity contribution is -0.141. The first-order valence-corrected chi connectivity index (χ1v) is 13.0. The Morgan fingerprint density at radius 3 is 2.36 bits per heavy atom. The fraction of sp³-hybridized carbons (Fsp3) is 0.481. The summed E-state index contributed by atoms with van der Waals surface area (Å²) in [5.74, 6) is 0.200. The molecule has 2 aromatic rings. The molecule has 0 unspecified atom stereocenters. The molecule has 0 saturated heterocycles. The number of hydrogen-bond acceptors (Lipinski definition) is 3. The highest BCUT2D eigenvalue weighted by atomic mass is 32.2. The van der Waals surface area contributed by atoms with Gasteiger partial charge in [-0.2, -0.15) is 0 Å². The first-order chi connectivity index (χ1) is 16.0. The van der Waals surface area contributed by atoms with Crippen LogP contribution in [0.25, 0.3) is 0 Å². The molecule has 1 atom stereocenters. The number of amides is 2. The zero-order chi connectivity index (χ0) is 23.6. The van der Waals surface area contributed by atoms with Crippen molar-refractivity contribution in [3.8, 4) is 0 Å². The van der Waals surface area contributed by atoms with Crippen LogP contribution in [0.3, 0.4) is 0 Å². The number of rotatable bonds is 10. The number of carbonyl (C=O) groups excluding carboxylic acids is 2. The van der Waals surface area contributed by atoms with E-state index in [-0.39, 0.29) is 23.7 Å². The van der Waals surface area contributed by atoms with Gasteiger partial charge in [-0.3, -0.25) is 9.59 Å². The van der Waals surface area contributed by atoms with Gasteiger partial charge in [-0.1, -0.05) is 56.0 Å². The highest BCUT2D eigenvalue weighted by molar-refractivity contribution is 7.99. The number of nitrogens with zero attached hydrogens (tertiary/aromatic N) is 1. The van der Waals surface area contributed by atoms with Crippen LogP contribution >= 0.6 is 11.8 Å². The maximum atomic E-state index is 13.4. The molecule has 2 amide bonds. The van der Waals surface area contributed by atoms with Gasteiger partial charge in [0, 0.05) is 29.7 Å². The van der Waals surface area contributed by atoms with Gasteiger partial charge in [-0.15, -0.1) is 11.8 Å². The van der Waals surface area contributed by atoms with Crippen molar-refractivity contribution < 1.29 is 14.0 Å². The van der Waals surface area contributed by atoms with Crippen LogP contribution in [-0.2, 0) is 16.1 Å². The molecule has 33 heavy (non-hydrogen) atoms. The third-order valence-corrected chi connectivity index (χ3v) is 7.22. The second-order valence-electron chi connectivity index (χ2n) is 8.83. The fourth-order valence-corrected chi connectivity index (χ4v) is 5.13. The van der Waals surface area contributed by atoms with Crippen molar-refractivity contribution in [2.24, 2.45) is 0 Å². The van der Waals surface area contributed by atoms with Crippen molar-refractivity contribution in [3.63, 3.8) is 0 Å². The number of thioether (sulfide) groups is 1. The van der Waals surface area contributed by atoms with Gasteiger partial charge >= 0.3 is 0 Å². The van der Waals surface area contributed by atoms with Crippen LogP contribution < -0.4 is 5.32 Å². The number of carbonyl (C=O) groups is 2. The molecule has 3 rings (SSSR count). The number of hydrogen-bond donors (Lipinski definition) is 1. The molecule has 178 valence electrons. The predicted octanol–water partition coefficient (Wildman–Crippen LogP) is 5.87. The number of halogens is 1. The minimum Gasteiger partial charge on any atom is -0.352 e. The third kappa shape index (κ3) is 7.88. The highest BCUT2D eigenvalue weighted by Crippen LogP contribution is 2.22. The number of nitrogens with one attached hydrogen (secondary N) is 1. The molecule has 0 aromatic heterocycles. The zero-order valence-electron chi connectivity index (χ0n) is 19.7. The summed E-state index contributed by atoms with van der Waals surface area (Å²) in [5.41, 5.74) is 2.02. The molecule has 0 aliphatic heterocycles. The second kappa shape index (κ2) is 12.8. The molecule has 6 heteroatoms. The highest BCUT2D eigenvalue weighted by Gasteiger charge is 2.30. The predicted molar refractivity (Wildman–Crippen MR) is 133 cm³/mol. The lowest BCUT2D eigenvalue weighted by atomic mass is 9.95. The summed E-state index contributed by atoms with van der Waals surface area (Å²) in [4.78, 5) is 29.3. The van der Waals surface area contributed by atoms with E-state index >= 15 is 0 Å². The second-order valence-corrected chi connectivity index (χ2v) is 10.00. The van der Waals surface area contributed by atoms with E-state index in [1.165, 1.54) is 24.1 Å². The number of aryl methyl sites for hydroxylation is 1. The molecule has 4 nitrogen and oxygen atoms in total. The van der Waals surface area contributed by atoms with Gasteiger partial charge < -0.3 is 10.2 Å². The van der Waals surface area contributed by atoms with Crippen LogP contribution in [0.4, 0.5) is 4.39 Å². The molecular weight excluding hydrogens is 435 g/mol. The van der Waals surface area contributed by atoms with Gasteiger partial charge in [0.1, 0.15) is 11.9 Å². The van der Waals surface area contributed by atoms with E-state index in [9.17, 15) is 14.0 Å². The van der Waals surface area contributed by atoms with Gasteiger partial charge in [-0.25, -0.2) is 4.39 Å². The Hall–Kier alpha value is -2.34. The van der Waals surface area contributed by atoms with E-state index in [4.69, 9.17) is 0 Å². The topological polar surface area (TPSA) is 49.4 Å². The van der Waals surface area contributed by atoms with Crippen LogP contribution in [0.1, 0.15) is 63.0 Å². The van der Waals surface area contributed by atoms with E-state index < -0.39 is 6.04 Å². The Bertz CT molecular complexity index is 895. The van der Waals surface area contributed by atoms with Crippen molar-refractivity contribution in [2.45, 2.75) is 82.3 Å². The van der Waals surface area contributed by atoms with Gasteiger partial charge in [0.15, 0.2) is 0 Å². The summed E-state index contributed by atoms with van der Waals surface area (Å²) in [6, 6.07) is 14.1. The van der Waals surface area contributed by atoms with Gasteiger partial charge in [0.25, 0.3) is 0 Å². The molecule has 2 aromatic carbocycles. The molecule has 1 N–H and O–H groups in total. The van der Waals surface area contributed by atoms with Gasteiger partial charge in [0.2, 0.25) is 11.8 Å². The van der Waals surface area contributed by atoms with Crippen molar-refractivity contribution in [1.29, 1.82) is 0 Å². The molecule has 1 fully saturated rings. The first-order valence-electron chi connectivity index (χ1n) is 12.0. The molecule has 0 bridgehead atoms. The smallest absolute Gasteiger partial charge is 0.243 e. The Balaban J connectivity index is 1.68. The van der Waals surface area contributed by atoms with E-state index in [1.807, 2.05) is 6.92 Å². The lowest BCUT2D eigenvalue weighted by Crippen LogP contribution is -2.51. The van der Waals surface area contributed by atoms with Crippen LogP contribution in [-0.4, -0.2) is 34.6 Å². The summed E-state index contributed by atoms with van der Waals surface area (Å²) in [6.07, 6.45) is 6.37. The summed E-state index contributed by atoms with van der Waals surface area (Å²) >= 11 is 1.64. The maximum absolute atomic E-state index is 13.4. The largest absolute Gasteiger partial charge is 0.352 e. The van der Waals surface area contributed by atoms with E-state index in [0.29, 0.717) is 25.1 Å². The molecular formula is C27H35FN2O2S. The average molecular weight is 471 g/mol. The van der Waals surface area contributed by atoms with Crippen LogP contribution in [0, 0.1) is 12.7 Å². The molecule has 0 heterocycles. The summed E-state index contributed by atoms with van der Waals surface area (Å²) in [6.45, 7) is 4.29. The normalized spacial score (nSPS) is 15.1. The quantitative estimate of drug-likeness (QED) is 0.442. The lowest BCUT2D eigenvalue weighted by Gasteiger charge is -2.33. The van der Waals surface area contributed by atoms with Crippen molar-refractivity contribution >= 4 is 23.6 Å². The minimum absolute atomic E-state index is 0.0513. The van der Waals surface area contributed by atoms with Crippen LogP contribution in [0.15, 0.2) is 53.4 Å². The van der Waals surface area contributed by atoms with Crippen molar-refractivity contribution in [3.05, 3.63) is 65.5 Å². The molecule has 0 radical (unpaired) electrons. The van der Waals surface area contributed by atoms with E-state index in [0.717, 1.165) is 36.1 Å². The summed E-state index contributed by atoms with van der Waals surface area (Å²) < 4.78 is 13.4. The molecule has 0 spiro atoms. The fourth-order valence-electron chi connectivity index (χ4n) is 4.28. The molecule has 1 saturated carbocycles. The maximum Gasteiger partial charge on any atom is 0.243 e. The first kappa shape index (κ1) is 25.3. The average Bonchev–Trinajstić information content (AvgIpc) is 2.82. The monoisotopic (exact) mass is 470 g/mol. The van der Waals surface area contributed by atoms with E-state index in [2.05, 4.69) is 36.5 Å². The van der Waals surface area contributed by atoms with Crippen LogP contribution in [0.5, 0.6) is 0 Å². The minimum atomic E-state index is -0.533. The van der Waals surface area contributed by atoms with Gasteiger partial charge in [-0.05, 0) is 56.0 Å². The summed E-state index contributed by atoms with van der Waals surface area (Å²) in [7, 11) is 0. The summed E-state index contributed by atoms with van der Waals surface area (Å²) in [5, 5.41) is 3.19. The van der Waals surface area contributed by atoms with E-state index in [1.54, 1.807) is 28.8 Å². The van der Waals surface area contributed by atoms with Crippen molar-refractivity contribution in [2.75, 3.05) is 5.75 Å². The van der Waals surface area contributed by atoms with Crippen LogP contribution in [0.2, 0.25) is 0 Å². The van der Waals surface area contributed by atoms with Gasteiger partial charge in [0.05, 0.1) is 0 Å². The third-order valence-electron chi connectivity index (χ3n) is 6.21. The SMILES string of the molecule is CC[C@@H](C(=O)NC1CCCCC1)N(Cc1ccc(F)cc1)C(=O)CCSc1ccc(C)cc1.